The highest BCUT2D eigenvalue weighted by Crippen LogP contribution is 2.15. The molecule has 56 valence electrons. The fraction of sp³-hybridized carbons (Fsp3) is 0.333. The quantitative estimate of drug-likeness (QED) is 0.474. The maximum Gasteiger partial charge on any atom is 0.234 e. The molecule has 0 saturated carbocycles. The third-order valence-electron chi connectivity index (χ3n) is 1.18. The zero-order valence-electron chi connectivity index (χ0n) is 6.17. The number of allylic oxidation sites excluding steroid dienone is 2. The molecule has 0 aliphatic carbocycles. The van der Waals surface area contributed by atoms with E-state index in [0.29, 0.717) is 0 Å². The summed E-state index contributed by atoms with van der Waals surface area (Å²) in [6, 6.07) is 0. The van der Waals surface area contributed by atoms with E-state index in [4.69, 9.17) is 15.5 Å². The number of hydrogen-bond donors (Lipinski definition) is 0. The van der Waals surface area contributed by atoms with Gasteiger partial charge in [0, 0.05) is 0 Å². The van der Waals surface area contributed by atoms with Crippen molar-refractivity contribution in [2.75, 3.05) is 0 Å². The van der Waals surface area contributed by atoms with Gasteiger partial charge in [-0.2, -0.15) is 11.1 Å². The molecule has 0 spiro atoms. The SMILES string of the molecule is C[SiH](C)OC1=CC=C[SiH]1Cl. The summed E-state index contributed by atoms with van der Waals surface area (Å²) in [6.45, 7) is 4.30. The van der Waals surface area contributed by atoms with E-state index in [9.17, 15) is 0 Å². The summed E-state index contributed by atoms with van der Waals surface area (Å²) in [5.74, 6) is 0. The molecule has 1 heterocycles. The van der Waals surface area contributed by atoms with Gasteiger partial charge < -0.3 is 4.43 Å². The number of rotatable bonds is 2. The molecule has 0 N–H and O–H groups in total. The first-order valence-corrected chi connectivity index (χ1v) is 9.16. The topological polar surface area (TPSA) is 9.23 Å². The van der Waals surface area contributed by atoms with E-state index >= 15 is 0 Å². The Morgan fingerprint density at radius 2 is 2.30 bits per heavy atom. The molecule has 0 aromatic carbocycles. The molecule has 4 heteroatoms. The lowest BCUT2D eigenvalue weighted by Gasteiger charge is -2.11. The Kier molecular flexibility index (Phi) is 2.76. The molecule has 0 amide bonds. The zero-order chi connectivity index (χ0) is 7.56. The fourth-order valence-corrected chi connectivity index (χ4v) is 4.49. The van der Waals surface area contributed by atoms with Crippen LogP contribution in [0.15, 0.2) is 23.2 Å². The molecule has 1 aliphatic rings. The third kappa shape index (κ3) is 2.00. The zero-order valence-corrected chi connectivity index (χ0v) is 9.24. The summed E-state index contributed by atoms with van der Waals surface area (Å²) in [6.07, 6.45) is 3.99. The molecule has 0 aromatic heterocycles. The Morgan fingerprint density at radius 1 is 1.60 bits per heavy atom. The van der Waals surface area contributed by atoms with Crippen LogP contribution in [0.2, 0.25) is 13.1 Å². The van der Waals surface area contributed by atoms with Crippen molar-refractivity contribution in [2.45, 2.75) is 13.1 Å². The van der Waals surface area contributed by atoms with Crippen LogP contribution in [0.4, 0.5) is 0 Å². The fourth-order valence-electron chi connectivity index (χ4n) is 0.811. The van der Waals surface area contributed by atoms with Gasteiger partial charge in [-0.3, -0.25) is 0 Å². The standard InChI is InChI=1S/C6H11ClOSi2/c1-9(2)8-6-4-3-5-10(6)7/h3-5,9-10H,1-2H3. The molecule has 0 fully saturated rings. The van der Waals surface area contributed by atoms with Crippen molar-refractivity contribution in [3.05, 3.63) is 23.2 Å². The lowest BCUT2D eigenvalue weighted by Crippen LogP contribution is -2.14. The molecule has 1 aliphatic heterocycles. The second-order valence-electron chi connectivity index (χ2n) is 2.52. The summed E-state index contributed by atoms with van der Waals surface area (Å²) < 4.78 is 5.59. The first-order chi connectivity index (χ1) is 4.70. The molecule has 1 rings (SSSR count). The van der Waals surface area contributed by atoms with E-state index in [-0.39, 0.29) is 0 Å². The second-order valence-corrected chi connectivity index (χ2v) is 8.02. The van der Waals surface area contributed by atoms with Crippen molar-refractivity contribution >= 4 is 28.2 Å². The first kappa shape index (κ1) is 8.10. The van der Waals surface area contributed by atoms with E-state index < -0.39 is 17.1 Å². The third-order valence-corrected chi connectivity index (χ3v) is 4.71. The predicted octanol–water partition coefficient (Wildman–Crippen LogP) is 1.48. The Morgan fingerprint density at radius 3 is 2.70 bits per heavy atom. The minimum Gasteiger partial charge on any atom is -0.552 e. The predicted molar refractivity (Wildman–Crippen MR) is 50.2 cm³/mol. The van der Waals surface area contributed by atoms with Gasteiger partial charge in [0.15, 0.2) is 0 Å². The number of hydrogen-bond acceptors (Lipinski definition) is 1. The maximum absolute atomic E-state index is 6.00. The molecular formula is C6H11ClOSi2. The average molecular weight is 191 g/mol. The van der Waals surface area contributed by atoms with Crippen LogP contribution in [0.25, 0.3) is 0 Å². The van der Waals surface area contributed by atoms with Crippen LogP contribution in [-0.2, 0) is 4.43 Å². The van der Waals surface area contributed by atoms with E-state index in [1.54, 1.807) is 0 Å². The van der Waals surface area contributed by atoms with Gasteiger partial charge >= 0.3 is 0 Å². The van der Waals surface area contributed by atoms with Crippen LogP contribution < -0.4 is 0 Å². The van der Waals surface area contributed by atoms with Gasteiger partial charge in [-0.15, -0.1) is 0 Å². The lowest BCUT2D eigenvalue weighted by molar-refractivity contribution is 0.479. The normalized spacial score (nSPS) is 23.6. The largest absolute Gasteiger partial charge is 0.552 e. The molecule has 0 aromatic rings. The molecule has 0 saturated heterocycles. The van der Waals surface area contributed by atoms with Gasteiger partial charge in [0.1, 0.15) is 0 Å². The van der Waals surface area contributed by atoms with E-state index in [0.717, 1.165) is 5.38 Å². The van der Waals surface area contributed by atoms with E-state index in [1.807, 2.05) is 12.2 Å². The molecule has 1 unspecified atom stereocenters. The van der Waals surface area contributed by atoms with Crippen LogP contribution in [-0.4, -0.2) is 17.1 Å². The van der Waals surface area contributed by atoms with Crippen LogP contribution in [0.1, 0.15) is 0 Å². The van der Waals surface area contributed by atoms with Gasteiger partial charge in [0.25, 0.3) is 0 Å². The van der Waals surface area contributed by atoms with Gasteiger partial charge in [0.05, 0.1) is 5.38 Å². The Labute approximate surface area is 69.4 Å². The average Bonchev–Trinajstić information content (AvgIpc) is 2.15. The first-order valence-electron chi connectivity index (χ1n) is 3.39. The molecule has 0 radical (unpaired) electrons. The lowest BCUT2D eigenvalue weighted by atomic mass is 10.6. The van der Waals surface area contributed by atoms with Gasteiger partial charge in [-0.05, 0) is 19.2 Å². The van der Waals surface area contributed by atoms with Crippen molar-refractivity contribution < 1.29 is 4.43 Å². The number of halogens is 1. The summed E-state index contributed by atoms with van der Waals surface area (Å²) in [5.41, 5.74) is 2.06. The molecular weight excluding hydrogens is 180 g/mol. The highest BCUT2D eigenvalue weighted by molar-refractivity contribution is 7.14. The van der Waals surface area contributed by atoms with Gasteiger partial charge in [-0.25, -0.2) is 0 Å². The minimum atomic E-state index is -1.26. The monoisotopic (exact) mass is 190 g/mol. The Balaban J connectivity index is 2.44. The molecule has 1 atom stereocenters. The summed E-state index contributed by atoms with van der Waals surface area (Å²) in [4.78, 5) is 0. The summed E-state index contributed by atoms with van der Waals surface area (Å²) >= 11 is 6.00. The molecule has 0 bridgehead atoms. The Hall–Kier alpha value is 0.00377. The minimum absolute atomic E-state index is 0.920. The summed E-state index contributed by atoms with van der Waals surface area (Å²) in [5, 5.41) is 1.06. The second kappa shape index (κ2) is 3.41. The van der Waals surface area contributed by atoms with Crippen molar-refractivity contribution in [3.63, 3.8) is 0 Å². The van der Waals surface area contributed by atoms with Crippen LogP contribution in [0.5, 0.6) is 0 Å². The van der Waals surface area contributed by atoms with Crippen molar-refractivity contribution in [2.24, 2.45) is 0 Å². The highest BCUT2D eigenvalue weighted by atomic mass is 35.6. The van der Waals surface area contributed by atoms with Gasteiger partial charge in [0.2, 0.25) is 17.1 Å². The smallest absolute Gasteiger partial charge is 0.234 e. The maximum atomic E-state index is 6.00. The summed E-state index contributed by atoms with van der Waals surface area (Å²) in [7, 11) is -2.18. The van der Waals surface area contributed by atoms with Crippen molar-refractivity contribution in [3.8, 4) is 0 Å². The molecule has 10 heavy (non-hydrogen) atoms. The van der Waals surface area contributed by atoms with Crippen molar-refractivity contribution in [1.82, 2.24) is 0 Å². The van der Waals surface area contributed by atoms with Crippen LogP contribution in [0, 0.1) is 0 Å². The van der Waals surface area contributed by atoms with Crippen LogP contribution >= 0.6 is 11.1 Å². The van der Waals surface area contributed by atoms with Gasteiger partial charge in [-0.1, -0.05) is 11.8 Å². The van der Waals surface area contributed by atoms with E-state index in [2.05, 4.69) is 18.8 Å². The Bertz CT molecular complexity index is 177. The van der Waals surface area contributed by atoms with Crippen LogP contribution in [0.3, 0.4) is 0 Å². The molecule has 1 nitrogen and oxygen atoms in total. The highest BCUT2D eigenvalue weighted by Gasteiger charge is 2.15. The van der Waals surface area contributed by atoms with Crippen molar-refractivity contribution in [1.29, 1.82) is 0 Å². The van der Waals surface area contributed by atoms with E-state index in [1.165, 1.54) is 0 Å².